The van der Waals surface area contributed by atoms with Gasteiger partial charge in [-0.15, -0.1) is 0 Å². The molecule has 0 unspecified atom stereocenters. The van der Waals surface area contributed by atoms with Crippen molar-refractivity contribution in [1.82, 2.24) is 0 Å². The third-order valence-electron chi connectivity index (χ3n) is 1.69. The Hall–Kier alpha value is -1.02. The summed E-state index contributed by atoms with van der Waals surface area (Å²) in [6.45, 7) is 6.06. The van der Waals surface area contributed by atoms with Gasteiger partial charge in [0.25, 0.3) is 0 Å². The van der Waals surface area contributed by atoms with Gasteiger partial charge in [-0.1, -0.05) is 12.1 Å². The summed E-state index contributed by atoms with van der Waals surface area (Å²) in [5, 5.41) is 0. The molecule has 0 spiro atoms. The Labute approximate surface area is 79.5 Å². The average Bonchev–Trinajstić information content (AvgIpc) is 2.13. The first-order valence-corrected chi connectivity index (χ1v) is 4.60. The minimum absolute atomic E-state index is 0.622. The van der Waals surface area contributed by atoms with Gasteiger partial charge in [-0.05, 0) is 31.5 Å². The third-order valence-corrected chi connectivity index (χ3v) is 1.69. The summed E-state index contributed by atoms with van der Waals surface area (Å²) in [7, 11) is 0. The molecular formula is C11H16O2. The van der Waals surface area contributed by atoms with Gasteiger partial charge in [0.1, 0.15) is 12.4 Å². The van der Waals surface area contributed by atoms with E-state index < -0.39 is 0 Å². The largest absolute Gasteiger partial charge is 0.491 e. The smallest absolute Gasteiger partial charge is 0.119 e. The lowest BCUT2D eigenvalue weighted by Crippen LogP contribution is -2.06. The van der Waals surface area contributed by atoms with Crippen molar-refractivity contribution in [3.05, 3.63) is 29.8 Å². The lowest BCUT2D eigenvalue weighted by atomic mass is 10.2. The highest BCUT2D eigenvalue weighted by molar-refractivity contribution is 5.27. The van der Waals surface area contributed by atoms with E-state index in [0.29, 0.717) is 13.2 Å². The summed E-state index contributed by atoms with van der Waals surface area (Å²) in [6.07, 6.45) is 0. The molecule has 2 heteroatoms. The van der Waals surface area contributed by atoms with Gasteiger partial charge in [0.05, 0.1) is 6.61 Å². The van der Waals surface area contributed by atoms with Crippen LogP contribution in [0.5, 0.6) is 5.75 Å². The Morgan fingerprint density at radius 3 is 2.77 bits per heavy atom. The summed E-state index contributed by atoms with van der Waals surface area (Å²) in [5.74, 6) is 0.916. The van der Waals surface area contributed by atoms with E-state index in [1.807, 2.05) is 25.1 Å². The first-order valence-electron chi connectivity index (χ1n) is 4.60. The predicted molar refractivity (Wildman–Crippen MR) is 53.2 cm³/mol. The number of ether oxygens (including phenoxy) is 2. The van der Waals surface area contributed by atoms with Gasteiger partial charge in [-0.2, -0.15) is 0 Å². The summed E-state index contributed by atoms with van der Waals surface area (Å²) < 4.78 is 10.6. The lowest BCUT2D eigenvalue weighted by Gasteiger charge is -2.06. The van der Waals surface area contributed by atoms with Crippen LogP contribution in [0.25, 0.3) is 0 Å². The van der Waals surface area contributed by atoms with E-state index in [1.54, 1.807) is 0 Å². The van der Waals surface area contributed by atoms with Crippen LogP contribution in [0.4, 0.5) is 0 Å². The average molecular weight is 180 g/mol. The molecular weight excluding hydrogens is 164 g/mol. The van der Waals surface area contributed by atoms with Gasteiger partial charge in [-0.3, -0.25) is 0 Å². The molecule has 0 radical (unpaired) electrons. The van der Waals surface area contributed by atoms with Gasteiger partial charge in [0.15, 0.2) is 0 Å². The number of rotatable bonds is 5. The maximum Gasteiger partial charge on any atom is 0.119 e. The normalized spacial score (nSPS) is 10.0. The molecule has 0 saturated heterocycles. The van der Waals surface area contributed by atoms with Crippen molar-refractivity contribution in [2.75, 3.05) is 19.8 Å². The summed E-state index contributed by atoms with van der Waals surface area (Å²) in [5.41, 5.74) is 1.22. The van der Waals surface area contributed by atoms with Crippen molar-refractivity contribution in [1.29, 1.82) is 0 Å². The molecule has 0 heterocycles. The minimum Gasteiger partial charge on any atom is -0.491 e. The zero-order chi connectivity index (χ0) is 9.52. The zero-order valence-electron chi connectivity index (χ0n) is 8.25. The first-order chi connectivity index (χ1) is 6.33. The van der Waals surface area contributed by atoms with E-state index in [0.717, 1.165) is 12.4 Å². The van der Waals surface area contributed by atoms with Crippen LogP contribution >= 0.6 is 0 Å². The van der Waals surface area contributed by atoms with Gasteiger partial charge in [0, 0.05) is 6.61 Å². The molecule has 0 aliphatic heterocycles. The Balaban J connectivity index is 2.28. The molecule has 0 fully saturated rings. The summed E-state index contributed by atoms with van der Waals surface area (Å²) in [6, 6.07) is 8.02. The van der Waals surface area contributed by atoms with Crippen molar-refractivity contribution in [3.63, 3.8) is 0 Å². The molecule has 0 aliphatic carbocycles. The molecule has 13 heavy (non-hydrogen) atoms. The van der Waals surface area contributed by atoms with E-state index in [2.05, 4.69) is 13.0 Å². The molecule has 0 amide bonds. The SMILES string of the molecule is CCOCCOc1cccc(C)c1. The number of hydrogen-bond acceptors (Lipinski definition) is 2. The standard InChI is InChI=1S/C11H16O2/c1-3-12-7-8-13-11-6-4-5-10(2)9-11/h4-6,9H,3,7-8H2,1-2H3. The molecule has 72 valence electrons. The lowest BCUT2D eigenvalue weighted by molar-refractivity contribution is 0.110. The maximum atomic E-state index is 5.46. The summed E-state index contributed by atoms with van der Waals surface area (Å²) in [4.78, 5) is 0. The third kappa shape index (κ3) is 3.95. The zero-order valence-corrected chi connectivity index (χ0v) is 8.25. The topological polar surface area (TPSA) is 18.5 Å². The van der Waals surface area contributed by atoms with E-state index in [1.165, 1.54) is 5.56 Å². The fraction of sp³-hybridized carbons (Fsp3) is 0.455. The van der Waals surface area contributed by atoms with Crippen LogP contribution in [0.15, 0.2) is 24.3 Å². The number of benzene rings is 1. The molecule has 1 aromatic carbocycles. The van der Waals surface area contributed by atoms with Gasteiger partial charge < -0.3 is 9.47 Å². The van der Waals surface area contributed by atoms with Crippen LogP contribution in [0.1, 0.15) is 12.5 Å². The quantitative estimate of drug-likeness (QED) is 0.648. The Bertz CT molecular complexity index is 246. The number of aryl methyl sites for hydroxylation is 1. The van der Waals surface area contributed by atoms with Crippen molar-refractivity contribution in [3.8, 4) is 5.75 Å². The highest BCUT2D eigenvalue weighted by atomic mass is 16.5. The van der Waals surface area contributed by atoms with E-state index in [9.17, 15) is 0 Å². The highest BCUT2D eigenvalue weighted by Gasteiger charge is 1.92. The van der Waals surface area contributed by atoms with Crippen molar-refractivity contribution in [2.45, 2.75) is 13.8 Å². The first kappa shape index (κ1) is 10.1. The minimum atomic E-state index is 0.622. The monoisotopic (exact) mass is 180 g/mol. The molecule has 0 bridgehead atoms. The van der Waals surface area contributed by atoms with E-state index in [4.69, 9.17) is 9.47 Å². The fourth-order valence-electron chi connectivity index (χ4n) is 1.07. The van der Waals surface area contributed by atoms with Crippen LogP contribution in [-0.2, 0) is 4.74 Å². The van der Waals surface area contributed by atoms with Crippen LogP contribution in [-0.4, -0.2) is 19.8 Å². The Morgan fingerprint density at radius 2 is 2.08 bits per heavy atom. The van der Waals surface area contributed by atoms with Crippen LogP contribution < -0.4 is 4.74 Å². The highest BCUT2D eigenvalue weighted by Crippen LogP contribution is 2.11. The van der Waals surface area contributed by atoms with Crippen molar-refractivity contribution >= 4 is 0 Å². The van der Waals surface area contributed by atoms with Crippen LogP contribution in [0, 0.1) is 6.92 Å². The second kappa shape index (κ2) is 5.60. The van der Waals surface area contributed by atoms with Crippen molar-refractivity contribution < 1.29 is 9.47 Å². The van der Waals surface area contributed by atoms with E-state index >= 15 is 0 Å². The van der Waals surface area contributed by atoms with Crippen LogP contribution in [0.2, 0.25) is 0 Å². The fourth-order valence-corrected chi connectivity index (χ4v) is 1.07. The predicted octanol–water partition coefficient (Wildman–Crippen LogP) is 2.41. The Morgan fingerprint density at radius 1 is 1.23 bits per heavy atom. The Kier molecular flexibility index (Phi) is 4.33. The maximum absolute atomic E-state index is 5.46. The molecule has 0 aliphatic rings. The molecule has 0 aromatic heterocycles. The van der Waals surface area contributed by atoms with Gasteiger partial charge in [-0.25, -0.2) is 0 Å². The van der Waals surface area contributed by atoms with Gasteiger partial charge in [0.2, 0.25) is 0 Å². The molecule has 2 nitrogen and oxygen atoms in total. The van der Waals surface area contributed by atoms with Crippen LogP contribution in [0.3, 0.4) is 0 Å². The molecule has 1 aromatic rings. The second-order valence-electron chi connectivity index (χ2n) is 2.86. The molecule has 1 rings (SSSR count). The summed E-state index contributed by atoms with van der Waals surface area (Å²) >= 11 is 0. The molecule has 0 N–H and O–H groups in total. The van der Waals surface area contributed by atoms with E-state index in [-0.39, 0.29) is 0 Å². The van der Waals surface area contributed by atoms with Gasteiger partial charge >= 0.3 is 0 Å². The molecule has 0 atom stereocenters. The number of hydrogen-bond donors (Lipinski definition) is 0. The second-order valence-corrected chi connectivity index (χ2v) is 2.86. The molecule has 0 saturated carbocycles. The van der Waals surface area contributed by atoms with Crippen molar-refractivity contribution in [2.24, 2.45) is 0 Å².